The summed E-state index contributed by atoms with van der Waals surface area (Å²) in [6.45, 7) is 5.18. The number of hydrogen-bond acceptors (Lipinski definition) is 10. The van der Waals surface area contributed by atoms with Gasteiger partial charge in [0.25, 0.3) is 11.5 Å². The Morgan fingerprint density at radius 1 is 1.14 bits per heavy atom. The number of aromatic nitrogens is 6. The fourth-order valence-electron chi connectivity index (χ4n) is 6.88. The fraction of sp³-hybridized carbons (Fsp3) is 0.424. The first-order valence-electron chi connectivity index (χ1n) is 16.4. The van der Waals surface area contributed by atoms with Crippen LogP contribution in [0.2, 0.25) is 5.02 Å². The van der Waals surface area contributed by atoms with E-state index in [4.69, 9.17) is 21.3 Å². The maximum absolute atomic E-state index is 14.3. The lowest BCUT2D eigenvalue weighted by atomic mass is 10.00. The number of piperazine rings is 1. The number of nitrogens with one attached hydrogen (secondary N) is 1. The van der Waals surface area contributed by atoms with Gasteiger partial charge in [-0.3, -0.25) is 14.4 Å². The summed E-state index contributed by atoms with van der Waals surface area (Å²) in [5, 5.41) is 17.1. The molecule has 0 spiro atoms. The Morgan fingerprint density at radius 2 is 1.90 bits per heavy atom. The third kappa shape index (κ3) is 6.51. The number of aryl methyl sites for hydroxylation is 1. The number of hydrogen-bond donors (Lipinski definition) is 2. The van der Waals surface area contributed by atoms with Crippen molar-refractivity contribution >= 4 is 46.1 Å². The van der Waals surface area contributed by atoms with Crippen LogP contribution >= 0.6 is 11.6 Å². The van der Waals surface area contributed by atoms with Gasteiger partial charge in [-0.05, 0) is 49.5 Å². The molecule has 0 radical (unpaired) electrons. The fourth-order valence-corrected chi connectivity index (χ4v) is 7.11. The lowest BCUT2D eigenvalue weighted by Gasteiger charge is -2.36. The quantitative estimate of drug-likeness (QED) is 0.288. The van der Waals surface area contributed by atoms with Gasteiger partial charge >= 0.3 is 6.18 Å². The average molecular weight is 728 g/mol. The van der Waals surface area contributed by atoms with Crippen LogP contribution in [0, 0.1) is 18.8 Å². The number of ether oxygens (including phenoxy) is 1. The van der Waals surface area contributed by atoms with Crippen molar-refractivity contribution in [2.24, 2.45) is 11.8 Å². The first-order chi connectivity index (χ1) is 24.3. The van der Waals surface area contributed by atoms with Crippen LogP contribution in [0.4, 0.5) is 24.5 Å². The van der Waals surface area contributed by atoms with Gasteiger partial charge in [-0.1, -0.05) is 24.6 Å². The average Bonchev–Trinajstić information content (AvgIpc) is 3.83. The van der Waals surface area contributed by atoms with Gasteiger partial charge in [-0.25, -0.2) is 9.97 Å². The predicted octanol–water partition coefficient (Wildman–Crippen LogP) is 3.58. The summed E-state index contributed by atoms with van der Waals surface area (Å²) in [6, 6.07) is 2.65. The Hall–Kier alpha value is -5.03. The Morgan fingerprint density at radius 3 is 2.59 bits per heavy atom. The number of carbonyl (C=O) groups excluding carboxylic acids is 2. The standard InChI is InChI=1S/C33H33ClF3N9O5/c1-3-24-28(43-6-8-44(9-7-43)30(49)27-25(47)13-38-17(2)39-27)31(50)46-32(41-29(42-46)18-10-19-15-51-16-20(19)11-18)45(24)14-26(48)40-23-5-4-21(12-22(23)34)33(35,36)37/h4-5,10,12-13,19-20,47H,3,6-9,11,14-16H2,1-2H3,(H,40,48). The first-order valence-corrected chi connectivity index (χ1v) is 16.7. The highest BCUT2D eigenvalue weighted by molar-refractivity contribution is 6.33. The van der Waals surface area contributed by atoms with E-state index in [1.165, 1.54) is 15.6 Å². The van der Waals surface area contributed by atoms with Gasteiger partial charge < -0.3 is 29.5 Å². The van der Waals surface area contributed by atoms with Gasteiger partial charge in [0.05, 0.1) is 41.4 Å². The molecule has 2 atom stereocenters. The molecule has 2 amide bonds. The van der Waals surface area contributed by atoms with Crippen molar-refractivity contribution < 1.29 is 32.6 Å². The van der Waals surface area contributed by atoms with E-state index in [9.17, 15) is 32.7 Å². The molecule has 5 heterocycles. The van der Waals surface area contributed by atoms with Crippen LogP contribution in [0.5, 0.6) is 5.75 Å². The number of carbonyl (C=O) groups is 2. The molecule has 18 heteroatoms. The van der Waals surface area contributed by atoms with Crippen molar-refractivity contribution in [3.05, 3.63) is 74.4 Å². The van der Waals surface area contributed by atoms with E-state index in [1.54, 1.807) is 11.5 Å². The topological polar surface area (TPSA) is 160 Å². The monoisotopic (exact) mass is 727 g/mol. The van der Waals surface area contributed by atoms with E-state index in [2.05, 4.69) is 26.5 Å². The van der Waals surface area contributed by atoms with E-state index in [0.29, 0.717) is 49.3 Å². The second-order valence-corrected chi connectivity index (χ2v) is 13.1. The van der Waals surface area contributed by atoms with E-state index in [-0.39, 0.29) is 72.3 Å². The van der Waals surface area contributed by atoms with Crippen LogP contribution in [0.25, 0.3) is 11.4 Å². The molecule has 0 bridgehead atoms. The van der Waals surface area contributed by atoms with E-state index in [0.717, 1.165) is 23.8 Å². The maximum Gasteiger partial charge on any atom is 0.416 e. The molecule has 2 saturated heterocycles. The van der Waals surface area contributed by atoms with Crippen LogP contribution in [0.15, 0.2) is 35.3 Å². The molecule has 2 N–H and O–H groups in total. The van der Waals surface area contributed by atoms with Crippen molar-refractivity contribution in [3.8, 4) is 5.75 Å². The molecule has 1 aromatic carbocycles. The predicted molar refractivity (Wildman–Crippen MR) is 179 cm³/mol. The summed E-state index contributed by atoms with van der Waals surface area (Å²) in [7, 11) is 0. The Labute approximate surface area is 293 Å². The van der Waals surface area contributed by atoms with Crippen LogP contribution in [0.1, 0.15) is 46.7 Å². The molecule has 2 fully saturated rings. The number of fused-ring (bicyclic) bond motifs is 2. The summed E-state index contributed by atoms with van der Waals surface area (Å²) in [4.78, 5) is 57.2. The third-order valence-corrected chi connectivity index (χ3v) is 9.75. The van der Waals surface area contributed by atoms with Crippen molar-refractivity contribution in [2.45, 2.75) is 39.4 Å². The van der Waals surface area contributed by atoms with Gasteiger partial charge in [0.2, 0.25) is 11.7 Å². The van der Waals surface area contributed by atoms with Crippen molar-refractivity contribution in [1.29, 1.82) is 0 Å². The number of amides is 2. The Bertz CT molecular complexity index is 2140. The smallest absolute Gasteiger partial charge is 0.416 e. The lowest BCUT2D eigenvalue weighted by molar-refractivity contribution is -0.137. The van der Waals surface area contributed by atoms with Crippen molar-refractivity contribution in [1.82, 2.24) is 34.0 Å². The minimum Gasteiger partial charge on any atom is -0.504 e. The summed E-state index contributed by atoms with van der Waals surface area (Å²) in [6.07, 6.45) is -0.397. The molecule has 2 unspecified atom stereocenters. The van der Waals surface area contributed by atoms with Crippen molar-refractivity contribution in [2.75, 3.05) is 49.6 Å². The number of nitrogens with zero attached hydrogens (tertiary/aromatic N) is 8. The molecule has 3 aromatic heterocycles. The number of benzene rings is 1. The summed E-state index contributed by atoms with van der Waals surface area (Å²) >= 11 is 6.13. The molecule has 51 heavy (non-hydrogen) atoms. The number of alkyl halides is 3. The van der Waals surface area contributed by atoms with E-state index >= 15 is 0 Å². The lowest BCUT2D eigenvalue weighted by Crippen LogP contribution is -2.51. The summed E-state index contributed by atoms with van der Waals surface area (Å²) in [5.41, 5.74) is 0.106. The van der Waals surface area contributed by atoms with Crippen LogP contribution in [-0.4, -0.2) is 90.3 Å². The van der Waals surface area contributed by atoms with Gasteiger partial charge in [0.15, 0.2) is 17.3 Å². The number of anilines is 2. The largest absolute Gasteiger partial charge is 0.504 e. The molecular weight excluding hydrogens is 695 g/mol. The molecule has 0 saturated carbocycles. The zero-order valence-electron chi connectivity index (χ0n) is 27.6. The van der Waals surface area contributed by atoms with Crippen LogP contribution in [-0.2, 0) is 28.7 Å². The second kappa shape index (κ2) is 13.3. The highest BCUT2D eigenvalue weighted by Gasteiger charge is 2.36. The minimum absolute atomic E-state index is 0.0114. The Kier molecular flexibility index (Phi) is 8.95. The van der Waals surface area contributed by atoms with E-state index in [1.807, 2.05) is 11.8 Å². The molecule has 4 aromatic rings. The minimum atomic E-state index is -4.61. The summed E-state index contributed by atoms with van der Waals surface area (Å²) < 4.78 is 48.0. The van der Waals surface area contributed by atoms with E-state index < -0.39 is 29.1 Å². The number of rotatable bonds is 7. The molecule has 1 aliphatic carbocycles. The molecule has 268 valence electrons. The van der Waals surface area contributed by atoms with Crippen LogP contribution < -0.4 is 15.8 Å². The van der Waals surface area contributed by atoms with Crippen LogP contribution in [0.3, 0.4) is 0 Å². The molecular formula is C33H33ClF3N9O5. The Balaban J connectivity index is 1.23. The third-order valence-electron chi connectivity index (χ3n) is 9.44. The van der Waals surface area contributed by atoms with Gasteiger partial charge in [-0.2, -0.15) is 22.7 Å². The zero-order valence-corrected chi connectivity index (χ0v) is 28.3. The second-order valence-electron chi connectivity index (χ2n) is 12.7. The molecule has 3 aliphatic rings. The summed E-state index contributed by atoms with van der Waals surface area (Å²) in [5.74, 6) is -0.0930. The highest BCUT2D eigenvalue weighted by atomic mass is 35.5. The first kappa shape index (κ1) is 34.4. The maximum atomic E-state index is 14.3. The number of allylic oxidation sites excluding steroid dienone is 1. The van der Waals surface area contributed by atoms with Gasteiger partial charge in [-0.15, -0.1) is 5.10 Å². The number of aromatic hydroxyl groups is 1. The zero-order chi connectivity index (χ0) is 36.2. The van der Waals surface area contributed by atoms with Gasteiger partial charge in [0.1, 0.15) is 18.1 Å². The van der Waals surface area contributed by atoms with Gasteiger partial charge in [0, 0.05) is 32.1 Å². The number of halogens is 4. The van der Waals surface area contributed by atoms with Crippen molar-refractivity contribution in [3.63, 3.8) is 0 Å². The molecule has 7 rings (SSSR count). The SMILES string of the molecule is CCc1c(N2CCN(C(=O)c3nc(C)ncc3O)CC2)c(=O)n2nc(C3=CC4COCC4C3)nc2n1CC(=O)Nc1ccc(C(F)(F)F)cc1Cl. The normalized spacial score (nSPS) is 19.1. The molecule has 14 nitrogen and oxygen atoms in total. The highest BCUT2D eigenvalue weighted by Crippen LogP contribution is 2.39. The molecule has 2 aliphatic heterocycles.